The second-order valence-electron chi connectivity index (χ2n) is 8.01. The molecule has 0 spiro atoms. The number of ether oxygens (including phenoxy) is 1. The summed E-state index contributed by atoms with van der Waals surface area (Å²) in [7, 11) is 0. The largest absolute Gasteiger partial charge is 0.492 e. The Morgan fingerprint density at radius 2 is 1.97 bits per heavy atom. The van der Waals surface area contributed by atoms with Gasteiger partial charge in [-0.1, -0.05) is 36.4 Å². The molecule has 1 aromatic heterocycles. The van der Waals surface area contributed by atoms with Gasteiger partial charge >= 0.3 is 0 Å². The summed E-state index contributed by atoms with van der Waals surface area (Å²) in [4.78, 5) is 16.4. The standard InChI is InChI=1S/C26H23FN2O3/c27-23-7-3-1-5-20(23)17-11-16-9-10-32-25(16)22(13-17)26(31)29-19(15-30)12-18-14-28-24-8-4-2-6-21(18)24/h1-8,11,13-14,19,28,30H,9-10,12,15H2,(H,29,31)/t19-/m1/s1. The molecule has 0 saturated heterocycles. The topological polar surface area (TPSA) is 74.4 Å². The number of aromatic nitrogens is 1. The molecule has 5 nitrogen and oxygen atoms in total. The number of carbonyl (C=O) groups excluding carboxylic acids is 1. The zero-order valence-corrected chi connectivity index (χ0v) is 17.4. The Balaban J connectivity index is 1.44. The number of carbonyl (C=O) groups is 1. The first-order valence-corrected chi connectivity index (χ1v) is 10.7. The molecule has 3 aromatic carbocycles. The van der Waals surface area contributed by atoms with Crippen LogP contribution < -0.4 is 10.1 Å². The van der Waals surface area contributed by atoms with Crippen molar-refractivity contribution in [3.8, 4) is 16.9 Å². The van der Waals surface area contributed by atoms with Crippen LogP contribution in [0, 0.1) is 5.82 Å². The van der Waals surface area contributed by atoms with Crippen molar-refractivity contribution in [3.63, 3.8) is 0 Å². The third-order valence-electron chi connectivity index (χ3n) is 5.91. The van der Waals surface area contributed by atoms with E-state index in [1.165, 1.54) is 6.07 Å². The average molecular weight is 430 g/mol. The minimum Gasteiger partial charge on any atom is -0.492 e. The first-order valence-electron chi connectivity index (χ1n) is 10.7. The van der Waals surface area contributed by atoms with Gasteiger partial charge in [0.1, 0.15) is 11.6 Å². The van der Waals surface area contributed by atoms with Crippen LogP contribution in [0.25, 0.3) is 22.0 Å². The van der Waals surface area contributed by atoms with E-state index in [-0.39, 0.29) is 18.3 Å². The predicted molar refractivity (Wildman–Crippen MR) is 121 cm³/mol. The number of benzene rings is 3. The van der Waals surface area contributed by atoms with Crippen LogP contribution in [-0.2, 0) is 12.8 Å². The van der Waals surface area contributed by atoms with Gasteiger partial charge in [-0.25, -0.2) is 4.39 Å². The Morgan fingerprint density at radius 3 is 2.81 bits per heavy atom. The smallest absolute Gasteiger partial charge is 0.255 e. The number of halogens is 1. The van der Waals surface area contributed by atoms with Crippen LogP contribution in [0.15, 0.2) is 66.9 Å². The summed E-state index contributed by atoms with van der Waals surface area (Å²) in [6.45, 7) is 0.274. The summed E-state index contributed by atoms with van der Waals surface area (Å²) in [5.41, 5.74) is 4.34. The highest BCUT2D eigenvalue weighted by molar-refractivity contribution is 5.99. The lowest BCUT2D eigenvalue weighted by atomic mass is 9.97. The number of aliphatic hydroxyl groups excluding tert-OH is 1. The minimum absolute atomic E-state index is 0.207. The number of hydrogen-bond donors (Lipinski definition) is 3. The maximum Gasteiger partial charge on any atom is 0.255 e. The molecule has 0 saturated carbocycles. The Hall–Kier alpha value is -3.64. The lowest BCUT2D eigenvalue weighted by molar-refractivity contribution is 0.0913. The molecule has 1 aliphatic rings. The summed E-state index contributed by atoms with van der Waals surface area (Å²) >= 11 is 0. The number of aliphatic hydroxyl groups is 1. The molecule has 0 bridgehead atoms. The van der Waals surface area contributed by atoms with Crippen molar-refractivity contribution in [3.05, 3.63) is 89.4 Å². The maximum atomic E-state index is 14.4. The second-order valence-corrected chi connectivity index (χ2v) is 8.01. The molecule has 5 rings (SSSR count). The van der Waals surface area contributed by atoms with E-state index in [9.17, 15) is 14.3 Å². The highest BCUT2D eigenvalue weighted by Crippen LogP contribution is 2.35. The van der Waals surface area contributed by atoms with Crippen molar-refractivity contribution >= 4 is 16.8 Å². The fourth-order valence-corrected chi connectivity index (χ4v) is 4.32. The maximum absolute atomic E-state index is 14.4. The lowest BCUT2D eigenvalue weighted by Crippen LogP contribution is -2.39. The quantitative estimate of drug-likeness (QED) is 0.428. The van der Waals surface area contributed by atoms with Crippen molar-refractivity contribution < 1.29 is 19.0 Å². The van der Waals surface area contributed by atoms with Crippen molar-refractivity contribution in [2.45, 2.75) is 18.9 Å². The lowest BCUT2D eigenvalue weighted by Gasteiger charge is -2.18. The fourth-order valence-electron chi connectivity index (χ4n) is 4.32. The molecule has 6 heteroatoms. The summed E-state index contributed by atoms with van der Waals surface area (Å²) in [6.07, 6.45) is 3.04. The Morgan fingerprint density at radius 1 is 1.16 bits per heavy atom. The third kappa shape index (κ3) is 3.74. The summed E-state index contributed by atoms with van der Waals surface area (Å²) in [5, 5.41) is 13.9. The van der Waals surface area contributed by atoms with Crippen LogP contribution in [-0.4, -0.2) is 35.3 Å². The predicted octanol–water partition coefficient (Wildman–Crippen LogP) is 4.24. The number of amides is 1. The number of aromatic amines is 1. The van der Waals surface area contributed by atoms with Crippen molar-refractivity contribution in [1.29, 1.82) is 0 Å². The average Bonchev–Trinajstić information content (AvgIpc) is 3.45. The van der Waals surface area contributed by atoms with E-state index >= 15 is 0 Å². The summed E-state index contributed by atoms with van der Waals surface area (Å²) in [6, 6.07) is 17.5. The van der Waals surface area contributed by atoms with E-state index in [4.69, 9.17) is 4.74 Å². The highest BCUT2D eigenvalue weighted by atomic mass is 19.1. The van der Waals surface area contributed by atoms with Crippen LogP contribution in [0.3, 0.4) is 0 Å². The Kier molecular flexibility index (Phi) is 5.37. The minimum atomic E-state index is -0.476. The Labute approximate surface area is 184 Å². The van der Waals surface area contributed by atoms with Gasteiger partial charge in [-0.2, -0.15) is 0 Å². The van der Waals surface area contributed by atoms with Gasteiger partial charge in [0.05, 0.1) is 24.8 Å². The van der Waals surface area contributed by atoms with Gasteiger partial charge in [-0.15, -0.1) is 0 Å². The van der Waals surface area contributed by atoms with Gasteiger partial charge in [0.15, 0.2) is 0 Å². The van der Waals surface area contributed by atoms with E-state index in [0.717, 1.165) is 22.0 Å². The van der Waals surface area contributed by atoms with E-state index in [0.29, 0.717) is 41.9 Å². The summed E-state index contributed by atoms with van der Waals surface area (Å²) < 4.78 is 20.1. The molecule has 2 heterocycles. The number of rotatable bonds is 6. The van der Waals surface area contributed by atoms with Crippen LogP contribution >= 0.6 is 0 Å². The van der Waals surface area contributed by atoms with Crippen LogP contribution in [0.4, 0.5) is 4.39 Å². The SMILES string of the molecule is O=C(N[C@@H](CO)Cc1c[nH]c2ccccc12)c1cc(-c2ccccc2F)cc2c1OCC2. The zero-order chi connectivity index (χ0) is 22.1. The number of H-pyrrole nitrogens is 1. The number of para-hydroxylation sites is 1. The van der Waals surface area contributed by atoms with Crippen molar-refractivity contribution in [2.24, 2.45) is 0 Å². The van der Waals surface area contributed by atoms with Gasteiger partial charge in [0, 0.05) is 29.1 Å². The van der Waals surface area contributed by atoms with Gasteiger partial charge in [-0.05, 0) is 47.4 Å². The fraction of sp³-hybridized carbons (Fsp3) is 0.192. The highest BCUT2D eigenvalue weighted by Gasteiger charge is 2.25. The van der Waals surface area contributed by atoms with E-state index in [2.05, 4.69) is 10.3 Å². The molecule has 1 atom stereocenters. The van der Waals surface area contributed by atoms with E-state index in [1.807, 2.05) is 36.5 Å². The molecule has 3 N–H and O–H groups in total. The number of hydrogen-bond acceptors (Lipinski definition) is 3. The molecular formula is C26H23FN2O3. The van der Waals surface area contributed by atoms with E-state index in [1.54, 1.807) is 24.3 Å². The van der Waals surface area contributed by atoms with E-state index < -0.39 is 6.04 Å². The van der Waals surface area contributed by atoms with Crippen LogP contribution in [0.1, 0.15) is 21.5 Å². The molecule has 0 unspecified atom stereocenters. The molecule has 1 amide bonds. The molecule has 4 aromatic rings. The van der Waals surface area contributed by atoms with Crippen molar-refractivity contribution in [2.75, 3.05) is 13.2 Å². The molecule has 32 heavy (non-hydrogen) atoms. The van der Waals surface area contributed by atoms with Gasteiger partial charge in [0.25, 0.3) is 5.91 Å². The molecule has 1 aliphatic heterocycles. The second kappa shape index (κ2) is 8.48. The Bertz CT molecular complexity index is 1300. The molecular weight excluding hydrogens is 407 g/mol. The first-order chi connectivity index (χ1) is 15.6. The van der Waals surface area contributed by atoms with Gasteiger partial charge in [-0.3, -0.25) is 4.79 Å². The summed E-state index contributed by atoms with van der Waals surface area (Å²) in [5.74, 6) is -0.156. The molecule has 0 radical (unpaired) electrons. The first kappa shape index (κ1) is 20.3. The number of fused-ring (bicyclic) bond motifs is 2. The third-order valence-corrected chi connectivity index (χ3v) is 5.91. The number of nitrogens with one attached hydrogen (secondary N) is 2. The molecule has 162 valence electrons. The van der Waals surface area contributed by atoms with Crippen LogP contribution in [0.2, 0.25) is 0 Å². The van der Waals surface area contributed by atoms with Crippen LogP contribution in [0.5, 0.6) is 5.75 Å². The van der Waals surface area contributed by atoms with Crippen molar-refractivity contribution in [1.82, 2.24) is 10.3 Å². The van der Waals surface area contributed by atoms with Gasteiger partial charge in [0.2, 0.25) is 0 Å². The monoisotopic (exact) mass is 430 g/mol. The molecule has 0 fully saturated rings. The zero-order valence-electron chi connectivity index (χ0n) is 17.4. The molecule has 0 aliphatic carbocycles. The normalized spacial score (nSPS) is 13.6. The van der Waals surface area contributed by atoms with Gasteiger partial charge < -0.3 is 20.1 Å².